The van der Waals surface area contributed by atoms with Gasteiger partial charge in [0.15, 0.2) is 0 Å². The van der Waals surface area contributed by atoms with Gasteiger partial charge in [-0.1, -0.05) is 0 Å². The van der Waals surface area contributed by atoms with Gasteiger partial charge in [0.2, 0.25) is 0 Å². The fourth-order valence-corrected chi connectivity index (χ4v) is 3.76. The minimum absolute atomic E-state index is 0.408. The molecule has 2 N–H and O–H groups in total. The normalized spacial score (nSPS) is 11.3. The molecule has 1 aromatic carbocycles. The summed E-state index contributed by atoms with van der Waals surface area (Å²) < 4.78 is 52.2. The van der Waals surface area contributed by atoms with Crippen LogP contribution in [0.25, 0.3) is 0 Å². The zero-order valence-corrected chi connectivity index (χ0v) is 11.3. The number of carboxylic acids is 1. The highest BCUT2D eigenvalue weighted by molar-refractivity contribution is 7.93. The number of benzene rings is 1. The summed E-state index contributed by atoms with van der Waals surface area (Å²) in [5.41, 5.74) is -0.590. The van der Waals surface area contributed by atoms with Gasteiger partial charge >= 0.3 is 5.97 Å². The second-order valence-electron chi connectivity index (χ2n) is 3.65. The van der Waals surface area contributed by atoms with Gasteiger partial charge in [0, 0.05) is 6.07 Å². The Morgan fingerprint density at radius 2 is 1.95 bits per heavy atom. The van der Waals surface area contributed by atoms with Crippen LogP contribution in [0.1, 0.15) is 9.67 Å². The molecule has 1 aromatic heterocycles. The summed E-state index contributed by atoms with van der Waals surface area (Å²) >= 11 is 0.716. The minimum atomic E-state index is -4.31. The van der Waals surface area contributed by atoms with Crippen molar-refractivity contribution in [1.82, 2.24) is 0 Å². The Hall–Kier alpha value is -2.00. The first-order chi connectivity index (χ1) is 9.31. The molecule has 0 spiro atoms. The third kappa shape index (κ3) is 2.78. The first kappa shape index (κ1) is 14.4. The molecular formula is C11H7F2NO4S2. The highest BCUT2D eigenvalue weighted by Gasteiger charge is 2.24. The summed E-state index contributed by atoms with van der Waals surface area (Å²) in [6.07, 6.45) is 0. The number of thiophene rings is 1. The van der Waals surface area contributed by atoms with Crippen LogP contribution in [0.2, 0.25) is 0 Å². The van der Waals surface area contributed by atoms with E-state index in [1.807, 2.05) is 4.72 Å². The van der Waals surface area contributed by atoms with Crippen LogP contribution in [0, 0.1) is 11.6 Å². The lowest BCUT2D eigenvalue weighted by Crippen LogP contribution is -2.16. The lowest BCUT2D eigenvalue weighted by atomic mass is 10.3. The van der Waals surface area contributed by atoms with Crippen LogP contribution < -0.4 is 4.72 Å². The molecule has 0 aliphatic heterocycles. The van der Waals surface area contributed by atoms with Gasteiger partial charge in [-0.05, 0) is 23.6 Å². The molecule has 5 nitrogen and oxygen atoms in total. The topological polar surface area (TPSA) is 83.5 Å². The van der Waals surface area contributed by atoms with Gasteiger partial charge in [0.25, 0.3) is 10.0 Å². The van der Waals surface area contributed by atoms with E-state index >= 15 is 0 Å². The molecule has 2 aromatic rings. The summed E-state index contributed by atoms with van der Waals surface area (Å²) in [4.78, 5) is 9.98. The number of hydrogen-bond acceptors (Lipinski definition) is 4. The summed E-state index contributed by atoms with van der Waals surface area (Å²) in [5.74, 6) is -3.21. The Kier molecular flexibility index (Phi) is 3.73. The van der Waals surface area contributed by atoms with Gasteiger partial charge in [-0.3, -0.25) is 4.72 Å². The Morgan fingerprint density at radius 3 is 2.60 bits per heavy atom. The van der Waals surface area contributed by atoms with Crippen molar-refractivity contribution < 1.29 is 27.1 Å². The molecule has 1 heterocycles. The monoisotopic (exact) mass is 319 g/mol. The summed E-state index contributed by atoms with van der Waals surface area (Å²) in [6, 6.07) is 3.34. The smallest absolute Gasteiger partial charge is 0.347 e. The number of aromatic carboxylic acids is 1. The second kappa shape index (κ2) is 5.17. The van der Waals surface area contributed by atoms with Gasteiger partial charge in [-0.25, -0.2) is 22.0 Å². The molecule has 20 heavy (non-hydrogen) atoms. The largest absolute Gasteiger partial charge is 0.477 e. The number of nitrogens with one attached hydrogen (secondary N) is 1. The average molecular weight is 319 g/mol. The van der Waals surface area contributed by atoms with E-state index in [1.54, 1.807) is 0 Å². The van der Waals surface area contributed by atoms with E-state index < -0.39 is 43.1 Å². The highest BCUT2D eigenvalue weighted by atomic mass is 32.2. The fraction of sp³-hybridized carbons (Fsp3) is 0. The first-order valence-corrected chi connectivity index (χ1v) is 7.46. The molecule has 0 radical (unpaired) electrons. The third-order valence-electron chi connectivity index (χ3n) is 2.29. The van der Waals surface area contributed by atoms with Crippen LogP contribution in [-0.2, 0) is 10.0 Å². The zero-order valence-electron chi connectivity index (χ0n) is 9.63. The van der Waals surface area contributed by atoms with Gasteiger partial charge in [0.05, 0.1) is 5.69 Å². The van der Waals surface area contributed by atoms with Crippen LogP contribution in [0.3, 0.4) is 0 Å². The van der Waals surface area contributed by atoms with Crippen molar-refractivity contribution in [2.24, 2.45) is 0 Å². The number of anilines is 1. The van der Waals surface area contributed by atoms with Crippen LogP contribution in [0.4, 0.5) is 14.5 Å². The number of sulfonamides is 1. The molecule has 0 aliphatic carbocycles. The number of rotatable bonds is 4. The van der Waals surface area contributed by atoms with E-state index in [2.05, 4.69) is 0 Å². The molecule has 0 saturated heterocycles. The Bertz CT molecular complexity index is 770. The van der Waals surface area contributed by atoms with Crippen molar-refractivity contribution in [2.45, 2.75) is 4.90 Å². The molecule has 0 aliphatic rings. The Morgan fingerprint density at radius 1 is 1.25 bits per heavy atom. The summed E-state index contributed by atoms with van der Waals surface area (Å²) in [7, 11) is -4.31. The van der Waals surface area contributed by atoms with Crippen molar-refractivity contribution in [2.75, 3.05) is 4.72 Å². The van der Waals surface area contributed by atoms with Crippen molar-refractivity contribution in [3.63, 3.8) is 0 Å². The maximum absolute atomic E-state index is 13.4. The van der Waals surface area contributed by atoms with E-state index in [0.717, 1.165) is 18.2 Å². The van der Waals surface area contributed by atoms with Crippen LogP contribution in [0.5, 0.6) is 0 Å². The van der Waals surface area contributed by atoms with Gasteiger partial charge in [-0.2, -0.15) is 0 Å². The third-order valence-corrected chi connectivity index (χ3v) is 4.73. The first-order valence-electron chi connectivity index (χ1n) is 5.10. The molecule has 106 valence electrons. The Balaban J connectivity index is 2.44. The molecule has 0 amide bonds. The molecule has 0 unspecified atom stereocenters. The number of hydrogen-bond donors (Lipinski definition) is 2. The molecule has 0 bridgehead atoms. The number of carbonyl (C=O) groups is 1. The van der Waals surface area contributed by atoms with Gasteiger partial charge in [0.1, 0.15) is 21.4 Å². The molecule has 2 rings (SSSR count). The lowest BCUT2D eigenvalue weighted by Gasteiger charge is -2.08. The molecule has 0 saturated carbocycles. The van der Waals surface area contributed by atoms with Crippen molar-refractivity contribution in [1.29, 1.82) is 0 Å². The van der Waals surface area contributed by atoms with Crippen molar-refractivity contribution >= 4 is 33.0 Å². The van der Waals surface area contributed by atoms with E-state index in [-0.39, 0.29) is 0 Å². The standard InChI is InChI=1S/C11H7F2NO4S2/c12-6-1-2-7(13)8(5-6)14-20(17,18)9-3-4-19-10(9)11(15)16/h1-5,14H,(H,15,16). The zero-order chi connectivity index (χ0) is 14.9. The summed E-state index contributed by atoms with van der Waals surface area (Å²) in [6.45, 7) is 0. The predicted molar refractivity (Wildman–Crippen MR) is 68.4 cm³/mol. The molecule has 9 heteroatoms. The SMILES string of the molecule is O=C(O)c1sccc1S(=O)(=O)Nc1cc(F)ccc1F. The number of halogens is 2. The predicted octanol–water partition coefficient (Wildman–Crippen LogP) is 2.53. The maximum Gasteiger partial charge on any atom is 0.347 e. The lowest BCUT2D eigenvalue weighted by molar-refractivity contribution is 0.0698. The van der Waals surface area contributed by atoms with Crippen LogP contribution >= 0.6 is 11.3 Å². The Labute approximate surface area is 116 Å². The quantitative estimate of drug-likeness (QED) is 0.907. The van der Waals surface area contributed by atoms with Crippen LogP contribution in [0.15, 0.2) is 34.5 Å². The van der Waals surface area contributed by atoms with Crippen molar-refractivity contribution in [3.8, 4) is 0 Å². The highest BCUT2D eigenvalue weighted by Crippen LogP contribution is 2.25. The van der Waals surface area contributed by atoms with Gasteiger partial charge in [-0.15, -0.1) is 11.3 Å². The maximum atomic E-state index is 13.4. The molecule has 0 fully saturated rings. The minimum Gasteiger partial charge on any atom is -0.477 e. The van der Waals surface area contributed by atoms with Crippen LogP contribution in [-0.4, -0.2) is 19.5 Å². The average Bonchev–Trinajstić information content (AvgIpc) is 2.83. The van der Waals surface area contributed by atoms with E-state index in [1.165, 1.54) is 5.38 Å². The fourth-order valence-electron chi connectivity index (χ4n) is 1.44. The van der Waals surface area contributed by atoms with E-state index in [4.69, 9.17) is 5.11 Å². The van der Waals surface area contributed by atoms with Crippen molar-refractivity contribution in [3.05, 3.63) is 46.2 Å². The van der Waals surface area contributed by atoms with E-state index in [0.29, 0.717) is 17.4 Å². The second-order valence-corrected chi connectivity index (χ2v) is 6.22. The summed E-state index contributed by atoms with van der Waals surface area (Å²) in [5, 5.41) is 10.1. The van der Waals surface area contributed by atoms with Gasteiger partial charge < -0.3 is 5.11 Å². The van der Waals surface area contributed by atoms with E-state index in [9.17, 15) is 22.0 Å². The molecule has 0 atom stereocenters. The number of carboxylic acid groups (broad SMARTS) is 1. The molecular weight excluding hydrogens is 312 g/mol.